The molecule has 0 radical (unpaired) electrons. The number of halogens is 1. The van der Waals surface area contributed by atoms with Crippen LogP contribution in [0.15, 0.2) is 77.7 Å². The number of nitrogens with one attached hydrogen (secondary N) is 1. The molecule has 1 saturated heterocycles. The third-order valence-corrected chi connectivity index (χ3v) is 6.89. The molecule has 1 unspecified atom stereocenters. The third kappa shape index (κ3) is 5.12. The summed E-state index contributed by atoms with van der Waals surface area (Å²) in [6.45, 7) is 3.09. The summed E-state index contributed by atoms with van der Waals surface area (Å²) in [6, 6.07) is 20.5. The molecule has 0 bridgehead atoms. The predicted molar refractivity (Wildman–Crippen MR) is 124 cm³/mol. The van der Waals surface area contributed by atoms with Crippen molar-refractivity contribution in [2.24, 2.45) is 0 Å². The molecule has 0 saturated carbocycles. The third-order valence-electron chi connectivity index (χ3n) is 5.26. The van der Waals surface area contributed by atoms with Gasteiger partial charge in [-0.05, 0) is 60.5 Å². The van der Waals surface area contributed by atoms with Gasteiger partial charge in [-0.25, -0.2) is 8.42 Å². The summed E-state index contributed by atoms with van der Waals surface area (Å²) in [6.07, 6.45) is -0.264. The van der Waals surface area contributed by atoms with Crippen molar-refractivity contribution < 1.29 is 17.9 Å². The fourth-order valence-electron chi connectivity index (χ4n) is 3.61. The topological polar surface area (TPSA) is 75.7 Å². The molecular formula is C24H23ClN2O4S. The Morgan fingerprint density at radius 3 is 2.56 bits per heavy atom. The minimum atomic E-state index is -3.83. The zero-order chi connectivity index (χ0) is 22.7. The van der Waals surface area contributed by atoms with Gasteiger partial charge in [-0.2, -0.15) is 0 Å². The lowest BCUT2D eigenvalue weighted by Gasteiger charge is -2.33. The molecule has 1 amide bonds. The molecule has 1 aliphatic heterocycles. The van der Waals surface area contributed by atoms with Crippen molar-refractivity contribution >= 4 is 33.2 Å². The minimum Gasteiger partial charge on any atom is -0.370 e. The van der Waals surface area contributed by atoms with Crippen LogP contribution in [0.3, 0.4) is 0 Å². The van der Waals surface area contributed by atoms with Crippen LogP contribution in [-0.2, 0) is 14.8 Å². The van der Waals surface area contributed by atoms with Crippen molar-refractivity contribution in [2.75, 3.05) is 24.4 Å². The van der Waals surface area contributed by atoms with Gasteiger partial charge < -0.3 is 9.64 Å². The first-order valence-electron chi connectivity index (χ1n) is 10.2. The summed E-state index contributed by atoms with van der Waals surface area (Å²) in [5, 5.41) is 0.634. The number of hydrogen-bond donors (Lipinski definition) is 1. The van der Waals surface area contributed by atoms with Gasteiger partial charge in [0.15, 0.2) is 0 Å². The number of amides is 1. The van der Waals surface area contributed by atoms with E-state index < -0.39 is 10.0 Å². The maximum absolute atomic E-state index is 13.1. The Morgan fingerprint density at radius 1 is 1.06 bits per heavy atom. The summed E-state index contributed by atoms with van der Waals surface area (Å²) in [7, 11) is -3.83. The average molecular weight is 471 g/mol. The fourth-order valence-corrected chi connectivity index (χ4v) is 4.84. The number of rotatable bonds is 5. The lowest BCUT2D eigenvalue weighted by Crippen LogP contribution is -2.42. The van der Waals surface area contributed by atoms with Gasteiger partial charge in [-0.3, -0.25) is 9.52 Å². The number of hydrogen-bond acceptors (Lipinski definition) is 4. The van der Waals surface area contributed by atoms with Crippen molar-refractivity contribution in [3.05, 3.63) is 94.5 Å². The predicted octanol–water partition coefficient (Wildman–Crippen LogP) is 4.66. The number of aryl methyl sites for hydroxylation is 1. The van der Waals surface area contributed by atoms with Gasteiger partial charge in [-0.15, -0.1) is 0 Å². The molecule has 1 N–H and O–H groups in total. The lowest BCUT2D eigenvalue weighted by molar-refractivity contribution is -0.0228. The first-order chi connectivity index (χ1) is 15.3. The zero-order valence-electron chi connectivity index (χ0n) is 17.5. The first-order valence-corrected chi connectivity index (χ1v) is 12.0. The van der Waals surface area contributed by atoms with Gasteiger partial charge in [0, 0.05) is 22.8 Å². The molecule has 32 heavy (non-hydrogen) atoms. The molecular weight excluding hydrogens is 448 g/mol. The van der Waals surface area contributed by atoms with E-state index in [1.807, 2.05) is 25.1 Å². The van der Waals surface area contributed by atoms with Crippen LogP contribution in [0.4, 0.5) is 5.69 Å². The van der Waals surface area contributed by atoms with E-state index in [1.54, 1.807) is 47.4 Å². The quantitative estimate of drug-likeness (QED) is 0.588. The maximum Gasteiger partial charge on any atom is 0.261 e. The maximum atomic E-state index is 13.1. The van der Waals surface area contributed by atoms with Crippen LogP contribution in [-0.4, -0.2) is 38.9 Å². The molecule has 0 aliphatic carbocycles. The molecule has 4 rings (SSSR count). The largest absolute Gasteiger partial charge is 0.370 e. The normalized spacial score (nSPS) is 16.6. The van der Waals surface area contributed by atoms with E-state index in [0.29, 0.717) is 36.0 Å². The van der Waals surface area contributed by atoms with Crippen LogP contribution < -0.4 is 4.72 Å². The summed E-state index contributed by atoms with van der Waals surface area (Å²) in [5.41, 5.74) is 2.66. The van der Waals surface area contributed by atoms with E-state index in [0.717, 1.165) is 11.1 Å². The second kappa shape index (κ2) is 9.32. The van der Waals surface area contributed by atoms with Crippen LogP contribution in [0, 0.1) is 6.92 Å². The number of anilines is 1. The van der Waals surface area contributed by atoms with Crippen LogP contribution in [0.2, 0.25) is 5.02 Å². The van der Waals surface area contributed by atoms with Crippen LogP contribution >= 0.6 is 11.6 Å². The van der Waals surface area contributed by atoms with E-state index in [-0.39, 0.29) is 16.9 Å². The Balaban J connectivity index is 1.52. The van der Waals surface area contributed by atoms with E-state index in [9.17, 15) is 13.2 Å². The Morgan fingerprint density at radius 2 is 1.81 bits per heavy atom. The van der Waals surface area contributed by atoms with Crippen molar-refractivity contribution in [3.63, 3.8) is 0 Å². The van der Waals surface area contributed by atoms with Crippen molar-refractivity contribution in [2.45, 2.75) is 17.9 Å². The number of carbonyl (C=O) groups is 1. The van der Waals surface area contributed by atoms with Gasteiger partial charge >= 0.3 is 0 Å². The van der Waals surface area contributed by atoms with Gasteiger partial charge in [-0.1, -0.05) is 41.9 Å². The monoisotopic (exact) mass is 470 g/mol. The van der Waals surface area contributed by atoms with Crippen molar-refractivity contribution in [3.8, 4) is 0 Å². The Kier molecular flexibility index (Phi) is 6.50. The van der Waals surface area contributed by atoms with E-state index in [4.69, 9.17) is 16.3 Å². The van der Waals surface area contributed by atoms with E-state index >= 15 is 0 Å². The molecule has 1 aliphatic rings. The summed E-state index contributed by atoms with van der Waals surface area (Å²) in [5.74, 6) is -0.236. The van der Waals surface area contributed by atoms with Gasteiger partial charge in [0.05, 0.1) is 18.0 Å². The fraction of sp³-hybridized carbons (Fsp3) is 0.208. The highest BCUT2D eigenvalue weighted by atomic mass is 35.5. The number of nitrogens with zero attached hydrogens (tertiary/aromatic N) is 1. The van der Waals surface area contributed by atoms with E-state index in [2.05, 4.69) is 4.72 Å². The van der Waals surface area contributed by atoms with Crippen LogP contribution in [0.25, 0.3) is 0 Å². The van der Waals surface area contributed by atoms with Crippen LogP contribution in [0.5, 0.6) is 0 Å². The van der Waals surface area contributed by atoms with Gasteiger partial charge in [0.25, 0.3) is 15.9 Å². The van der Waals surface area contributed by atoms with Gasteiger partial charge in [0.2, 0.25) is 0 Å². The number of carbonyl (C=O) groups excluding carboxylic acids is 1. The Labute approximate surface area is 192 Å². The highest BCUT2D eigenvalue weighted by Crippen LogP contribution is 2.25. The summed E-state index contributed by atoms with van der Waals surface area (Å²) in [4.78, 5) is 14.9. The smallest absolute Gasteiger partial charge is 0.261 e. The molecule has 1 fully saturated rings. The molecule has 6 nitrogen and oxygen atoms in total. The zero-order valence-corrected chi connectivity index (χ0v) is 19.1. The lowest BCUT2D eigenvalue weighted by atomic mass is 10.1. The number of sulfonamides is 1. The molecule has 1 atom stereocenters. The highest BCUT2D eigenvalue weighted by Gasteiger charge is 2.27. The molecule has 0 spiro atoms. The number of ether oxygens (including phenoxy) is 1. The molecule has 1 heterocycles. The number of morpholine rings is 1. The number of benzene rings is 3. The average Bonchev–Trinajstić information content (AvgIpc) is 2.79. The molecule has 8 heteroatoms. The molecule has 166 valence electrons. The van der Waals surface area contributed by atoms with Gasteiger partial charge in [0.1, 0.15) is 6.10 Å². The first kappa shape index (κ1) is 22.3. The minimum absolute atomic E-state index is 0.0346. The highest BCUT2D eigenvalue weighted by molar-refractivity contribution is 7.92. The second-order valence-electron chi connectivity index (χ2n) is 7.66. The summed E-state index contributed by atoms with van der Waals surface area (Å²) >= 11 is 5.96. The Hall–Kier alpha value is -2.87. The van der Waals surface area contributed by atoms with Crippen molar-refractivity contribution in [1.29, 1.82) is 0 Å². The van der Waals surface area contributed by atoms with E-state index in [1.165, 1.54) is 12.1 Å². The SMILES string of the molecule is Cc1cccc(NS(=O)(=O)c2cccc(C(=O)N3CCOC(c4ccc(Cl)cc4)C3)c2)c1. The molecule has 3 aromatic carbocycles. The second-order valence-corrected chi connectivity index (χ2v) is 9.78. The van der Waals surface area contributed by atoms with Crippen molar-refractivity contribution in [1.82, 2.24) is 4.90 Å². The molecule has 0 aromatic heterocycles. The Bertz CT molecular complexity index is 1230. The summed E-state index contributed by atoms with van der Waals surface area (Å²) < 4.78 is 34.1. The van der Waals surface area contributed by atoms with Crippen LogP contribution in [0.1, 0.15) is 27.6 Å². The standard InChI is InChI=1S/C24H23ClN2O4S/c1-17-4-2-6-21(14-17)26-32(29,30)22-7-3-5-19(15-22)24(28)27-12-13-31-23(16-27)18-8-10-20(25)11-9-18/h2-11,14-15,23,26H,12-13,16H2,1H3. The molecule has 3 aromatic rings.